The number of hydrogen-bond acceptors (Lipinski definition) is 4. The maximum Gasteiger partial charge on any atom is 0.0967 e. The highest BCUT2D eigenvalue weighted by molar-refractivity contribution is 4.96. The molecule has 0 amide bonds. The van der Waals surface area contributed by atoms with Crippen LogP contribution in [0.1, 0.15) is 39.3 Å². The van der Waals surface area contributed by atoms with Crippen molar-refractivity contribution in [1.29, 1.82) is 0 Å². The second-order valence-electron chi connectivity index (χ2n) is 6.02. The number of rotatable bonds is 5. The fourth-order valence-corrected chi connectivity index (χ4v) is 2.96. The molecule has 1 N–H and O–H groups in total. The lowest BCUT2D eigenvalue weighted by Gasteiger charge is -2.42. The first kappa shape index (κ1) is 14.5. The lowest BCUT2D eigenvalue weighted by molar-refractivity contribution is 0.0872. The molecule has 2 rings (SSSR count). The molecule has 1 aromatic rings. The van der Waals surface area contributed by atoms with Crippen molar-refractivity contribution in [1.82, 2.24) is 25.2 Å². The third-order valence-electron chi connectivity index (χ3n) is 3.96. The number of nitrogens with one attached hydrogen (secondary N) is 1. The highest BCUT2D eigenvalue weighted by Crippen LogP contribution is 2.19. The van der Waals surface area contributed by atoms with Crippen molar-refractivity contribution in [2.75, 3.05) is 13.1 Å². The van der Waals surface area contributed by atoms with Gasteiger partial charge in [0, 0.05) is 45.0 Å². The molecule has 1 aliphatic rings. The van der Waals surface area contributed by atoms with Gasteiger partial charge in [0.15, 0.2) is 0 Å². The number of aromatic nitrogens is 3. The summed E-state index contributed by atoms with van der Waals surface area (Å²) in [7, 11) is 1.92. The van der Waals surface area contributed by atoms with Gasteiger partial charge in [0.25, 0.3) is 0 Å². The molecule has 1 fully saturated rings. The van der Waals surface area contributed by atoms with Crippen molar-refractivity contribution in [2.24, 2.45) is 13.0 Å². The van der Waals surface area contributed by atoms with Gasteiger partial charge in [-0.25, -0.2) is 0 Å². The van der Waals surface area contributed by atoms with Gasteiger partial charge < -0.3 is 5.32 Å². The summed E-state index contributed by atoms with van der Waals surface area (Å²) in [6.07, 6.45) is 4.51. The van der Waals surface area contributed by atoms with E-state index in [-0.39, 0.29) is 0 Å². The normalized spacial score (nSPS) is 25.1. The van der Waals surface area contributed by atoms with Crippen LogP contribution in [-0.2, 0) is 13.6 Å². The van der Waals surface area contributed by atoms with Crippen molar-refractivity contribution in [3.63, 3.8) is 0 Å². The summed E-state index contributed by atoms with van der Waals surface area (Å²) in [6.45, 7) is 9.98. The van der Waals surface area contributed by atoms with E-state index in [1.165, 1.54) is 12.8 Å². The van der Waals surface area contributed by atoms with Gasteiger partial charge in [-0.2, -0.15) is 0 Å². The minimum absolute atomic E-state index is 0.593. The molecule has 108 valence electrons. The Labute approximate surface area is 116 Å². The third kappa shape index (κ3) is 3.76. The molecule has 1 aliphatic heterocycles. The van der Waals surface area contributed by atoms with Crippen LogP contribution in [0.5, 0.6) is 0 Å². The molecule has 2 unspecified atom stereocenters. The SMILES string of the molecule is CCCC1CN(Cc2cn(C)nn2)C(C(C)C)CN1. The minimum atomic E-state index is 0.593. The smallest absolute Gasteiger partial charge is 0.0967 e. The summed E-state index contributed by atoms with van der Waals surface area (Å²) in [5.41, 5.74) is 1.07. The Morgan fingerprint density at radius 2 is 2.26 bits per heavy atom. The highest BCUT2D eigenvalue weighted by atomic mass is 15.4. The standard InChI is InChI=1S/C14H27N5/c1-5-6-12-9-19(14(7-15-12)11(2)3)10-13-8-18(4)17-16-13/h8,11-12,14-15H,5-7,9-10H2,1-4H3. The Balaban J connectivity index is 2.02. The van der Waals surface area contributed by atoms with E-state index in [9.17, 15) is 0 Å². The Bertz CT molecular complexity index is 387. The molecule has 1 saturated heterocycles. The second-order valence-corrected chi connectivity index (χ2v) is 6.02. The zero-order valence-electron chi connectivity index (χ0n) is 12.6. The van der Waals surface area contributed by atoms with Crippen LogP contribution >= 0.6 is 0 Å². The Hall–Kier alpha value is -0.940. The minimum Gasteiger partial charge on any atom is -0.311 e. The summed E-state index contributed by atoms with van der Waals surface area (Å²) in [5, 5.41) is 11.9. The second kappa shape index (κ2) is 6.48. The average molecular weight is 265 g/mol. The van der Waals surface area contributed by atoms with Crippen LogP contribution in [0.15, 0.2) is 6.20 Å². The van der Waals surface area contributed by atoms with E-state index in [0.717, 1.165) is 25.3 Å². The Morgan fingerprint density at radius 1 is 1.47 bits per heavy atom. The van der Waals surface area contributed by atoms with Gasteiger partial charge >= 0.3 is 0 Å². The van der Waals surface area contributed by atoms with Gasteiger partial charge in [-0.05, 0) is 12.3 Å². The Kier molecular flexibility index (Phi) is 4.93. The van der Waals surface area contributed by atoms with Gasteiger partial charge in [-0.15, -0.1) is 5.10 Å². The largest absolute Gasteiger partial charge is 0.311 e. The fraction of sp³-hybridized carbons (Fsp3) is 0.857. The maximum absolute atomic E-state index is 4.23. The van der Waals surface area contributed by atoms with Crippen molar-refractivity contribution in [3.05, 3.63) is 11.9 Å². The molecule has 2 atom stereocenters. The topological polar surface area (TPSA) is 46.0 Å². The summed E-state index contributed by atoms with van der Waals surface area (Å²) >= 11 is 0. The van der Waals surface area contributed by atoms with Crippen LogP contribution in [0.2, 0.25) is 0 Å². The van der Waals surface area contributed by atoms with E-state index in [1.54, 1.807) is 4.68 Å². The van der Waals surface area contributed by atoms with Crippen molar-refractivity contribution >= 4 is 0 Å². The van der Waals surface area contributed by atoms with Crippen molar-refractivity contribution in [2.45, 2.75) is 52.2 Å². The molecule has 19 heavy (non-hydrogen) atoms. The number of aryl methyl sites for hydroxylation is 1. The molecule has 0 saturated carbocycles. The molecule has 5 heteroatoms. The van der Waals surface area contributed by atoms with E-state index in [2.05, 4.69) is 41.3 Å². The predicted molar refractivity (Wildman–Crippen MR) is 76.7 cm³/mol. The number of piperazine rings is 1. The zero-order valence-corrected chi connectivity index (χ0v) is 12.6. The van der Waals surface area contributed by atoms with Gasteiger partial charge in [0.05, 0.1) is 5.69 Å². The highest BCUT2D eigenvalue weighted by Gasteiger charge is 2.29. The molecule has 0 aliphatic carbocycles. The van der Waals surface area contributed by atoms with E-state index in [4.69, 9.17) is 0 Å². The van der Waals surface area contributed by atoms with Crippen LogP contribution in [0, 0.1) is 5.92 Å². The number of hydrogen-bond donors (Lipinski definition) is 1. The monoisotopic (exact) mass is 265 g/mol. The van der Waals surface area contributed by atoms with Crippen LogP contribution in [0.3, 0.4) is 0 Å². The lowest BCUT2D eigenvalue weighted by Crippen LogP contribution is -2.57. The molecule has 5 nitrogen and oxygen atoms in total. The van der Waals surface area contributed by atoms with Crippen LogP contribution in [-0.4, -0.2) is 45.1 Å². The molecule has 2 heterocycles. The van der Waals surface area contributed by atoms with E-state index < -0.39 is 0 Å². The quantitative estimate of drug-likeness (QED) is 0.874. The van der Waals surface area contributed by atoms with Crippen LogP contribution < -0.4 is 5.32 Å². The summed E-state index contributed by atoms with van der Waals surface area (Å²) in [6, 6.07) is 1.21. The van der Waals surface area contributed by atoms with E-state index >= 15 is 0 Å². The molecule has 1 aromatic heterocycles. The third-order valence-corrected chi connectivity index (χ3v) is 3.96. The Morgan fingerprint density at radius 3 is 2.84 bits per heavy atom. The van der Waals surface area contributed by atoms with Gasteiger partial charge in [-0.3, -0.25) is 9.58 Å². The molecule has 0 bridgehead atoms. The van der Waals surface area contributed by atoms with Crippen molar-refractivity contribution in [3.8, 4) is 0 Å². The predicted octanol–water partition coefficient (Wildman–Crippen LogP) is 1.41. The summed E-state index contributed by atoms with van der Waals surface area (Å²) in [4.78, 5) is 2.57. The summed E-state index contributed by atoms with van der Waals surface area (Å²) < 4.78 is 1.78. The van der Waals surface area contributed by atoms with E-state index in [0.29, 0.717) is 18.0 Å². The zero-order chi connectivity index (χ0) is 13.8. The molecular formula is C14H27N5. The lowest BCUT2D eigenvalue weighted by atomic mass is 9.97. The molecule has 0 radical (unpaired) electrons. The fourth-order valence-electron chi connectivity index (χ4n) is 2.96. The summed E-state index contributed by atoms with van der Waals surface area (Å²) in [5.74, 6) is 0.659. The maximum atomic E-state index is 4.23. The van der Waals surface area contributed by atoms with Crippen molar-refractivity contribution < 1.29 is 0 Å². The first-order chi connectivity index (χ1) is 9.10. The van der Waals surface area contributed by atoms with Crippen LogP contribution in [0.4, 0.5) is 0 Å². The molecule has 0 spiro atoms. The number of nitrogens with zero attached hydrogens (tertiary/aromatic N) is 4. The molecular weight excluding hydrogens is 238 g/mol. The van der Waals surface area contributed by atoms with Gasteiger partial charge in [0.2, 0.25) is 0 Å². The van der Waals surface area contributed by atoms with Gasteiger partial charge in [-0.1, -0.05) is 32.4 Å². The van der Waals surface area contributed by atoms with E-state index in [1.807, 2.05) is 13.2 Å². The van der Waals surface area contributed by atoms with Gasteiger partial charge in [0.1, 0.15) is 0 Å². The molecule has 0 aromatic carbocycles. The first-order valence-electron chi connectivity index (χ1n) is 7.42. The average Bonchev–Trinajstić information content (AvgIpc) is 2.75. The van der Waals surface area contributed by atoms with Crippen LogP contribution in [0.25, 0.3) is 0 Å². The first-order valence-corrected chi connectivity index (χ1v) is 7.42.